The van der Waals surface area contributed by atoms with Crippen molar-refractivity contribution in [2.24, 2.45) is 0 Å². The number of hydrogen-bond donors (Lipinski definition) is 0. The van der Waals surface area contributed by atoms with Gasteiger partial charge in [-0.05, 0) is 31.2 Å². The molecule has 0 fully saturated rings. The molecule has 4 rings (SSSR count). The van der Waals surface area contributed by atoms with E-state index in [9.17, 15) is 14.4 Å². The number of hydrogen-bond acceptors (Lipinski definition) is 7. The van der Waals surface area contributed by atoms with E-state index in [0.717, 1.165) is 4.90 Å². The molecule has 0 N–H and O–H groups in total. The number of fused-ring (bicyclic) bond motifs is 1. The summed E-state index contributed by atoms with van der Waals surface area (Å²) in [5.74, 6) is -0.839. The van der Waals surface area contributed by atoms with Gasteiger partial charge in [-0.2, -0.15) is 0 Å². The Labute approximate surface area is 153 Å². The number of esters is 1. The summed E-state index contributed by atoms with van der Waals surface area (Å²) in [4.78, 5) is 38.1. The number of carbonyl (C=O) groups excluding carboxylic acids is 3. The predicted octanol–water partition coefficient (Wildman–Crippen LogP) is 2.66. The number of ether oxygens (including phenoxy) is 1. The first kappa shape index (κ1) is 16.8. The van der Waals surface area contributed by atoms with Gasteiger partial charge in [-0.3, -0.25) is 14.5 Å². The van der Waals surface area contributed by atoms with Crippen LogP contribution in [0.1, 0.15) is 33.3 Å². The van der Waals surface area contributed by atoms with Gasteiger partial charge in [-0.1, -0.05) is 17.3 Å². The van der Waals surface area contributed by atoms with Gasteiger partial charge in [0.25, 0.3) is 11.8 Å². The molecule has 136 valence electrons. The first-order chi connectivity index (χ1) is 13.1. The summed E-state index contributed by atoms with van der Waals surface area (Å²) in [5.41, 5.74) is 0.938. The highest BCUT2D eigenvalue weighted by atomic mass is 16.5. The van der Waals surface area contributed by atoms with E-state index in [1.54, 1.807) is 42.5 Å². The van der Waals surface area contributed by atoms with E-state index in [2.05, 4.69) is 5.16 Å². The van der Waals surface area contributed by atoms with Gasteiger partial charge in [0, 0.05) is 6.07 Å². The molecular weight excluding hydrogens is 352 g/mol. The number of amides is 2. The Morgan fingerprint density at radius 2 is 1.81 bits per heavy atom. The molecular formula is C19H14N2O6. The number of imide groups is 1. The molecule has 8 nitrogen and oxygen atoms in total. The maximum atomic E-state index is 12.4. The van der Waals surface area contributed by atoms with Crippen LogP contribution < -0.4 is 0 Å². The minimum absolute atomic E-state index is 0.156. The lowest BCUT2D eigenvalue weighted by atomic mass is 10.1. The Morgan fingerprint density at radius 3 is 2.44 bits per heavy atom. The van der Waals surface area contributed by atoms with Crippen LogP contribution in [0.15, 0.2) is 57.7 Å². The zero-order chi connectivity index (χ0) is 19.0. The zero-order valence-electron chi connectivity index (χ0n) is 14.2. The SMILES string of the molecule is C[C@@H](C(=O)OCc1cc(-c2ccco2)on1)N1C(=O)c2ccccc2C1=O. The second-order valence-corrected chi connectivity index (χ2v) is 5.97. The second kappa shape index (κ2) is 6.56. The maximum absolute atomic E-state index is 12.4. The average Bonchev–Trinajstić information content (AvgIpc) is 3.41. The minimum Gasteiger partial charge on any atom is -0.461 e. The minimum atomic E-state index is -1.06. The van der Waals surface area contributed by atoms with Crippen molar-refractivity contribution in [3.8, 4) is 11.5 Å². The van der Waals surface area contributed by atoms with Gasteiger partial charge in [0.1, 0.15) is 18.3 Å². The summed E-state index contributed by atoms with van der Waals surface area (Å²) in [7, 11) is 0. The Kier molecular flexibility index (Phi) is 4.08. The van der Waals surface area contributed by atoms with Crippen molar-refractivity contribution < 1.29 is 28.1 Å². The fraction of sp³-hybridized carbons (Fsp3) is 0.158. The number of benzene rings is 1. The summed E-state index contributed by atoms with van der Waals surface area (Å²) in [5, 5.41) is 3.80. The van der Waals surface area contributed by atoms with Crippen molar-refractivity contribution >= 4 is 17.8 Å². The lowest BCUT2D eigenvalue weighted by Crippen LogP contribution is -2.43. The van der Waals surface area contributed by atoms with Gasteiger partial charge in [0.2, 0.25) is 5.76 Å². The first-order valence-corrected chi connectivity index (χ1v) is 8.19. The second-order valence-electron chi connectivity index (χ2n) is 5.97. The fourth-order valence-electron chi connectivity index (χ4n) is 2.85. The van der Waals surface area contributed by atoms with Crippen molar-refractivity contribution in [1.29, 1.82) is 0 Å². The van der Waals surface area contributed by atoms with Crippen LogP contribution in [0.4, 0.5) is 0 Å². The van der Waals surface area contributed by atoms with Crippen LogP contribution >= 0.6 is 0 Å². The number of rotatable bonds is 5. The van der Waals surface area contributed by atoms with Crippen LogP contribution in [-0.2, 0) is 16.1 Å². The van der Waals surface area contributed by atoms with Gasteiger partial charge >= 0.3 is 5.97 Å². The van der Waals surface area contributed by atoms with Gasteiger partial charge in [0.15, 0.2) is 5.76 Å². The quantitative estimate of drug-likeness (QED) is 0.505. The Bertz CT molecular complexity index is 986. The standard InChI is InChI=1S/C19H14N2O6/c1-11(21-17(22)13-5-2-3-6-14(13)18(21)23)19(24)26-10-12-9-16(27-20-12)15-7-4-8-25-15/h2-9,11H,10H2,1H3/t11-/m0/s1. The van der Waals surface area contributed by atoms with Gasteiger partial charge in [-0.15, -0.1) is 0 Å². The third kappa shape index (κ3) is 2.91. The topological polar surface area (TPSA) is 103 Å². The first-order valence-electron chi connectivity index (χ1n) is 8.19. The van der Waals surface area contributed by atoms with Crippen LogP contribution in [0.5, 0.6) is 0 Å². The highest BCUT2D eigenvalue weighted by Gasteiger charge is 2.41. The van der Waals surface area contributed by atoms with E-state index in [1.807, 2.05) is 0 Å². The molecule has 0 spiro atoms. The molecule has 2 amide bonds. The van der Waals surface area contributed by atoms with E-state index < -0.39 is 23.8 Å². The molecule has 1 aliphatic rings. The molecule has 3 aromatic rings. The monoisotopic (exact) mass is 366 g/mol. The molecule has 0 saturated heterocycles. The number of aromatic nitrogens is 1. The van der Waals surface area contributed by atoms with E-state index in [-0.39, 0.29) is 17.7 Å². The molecule has 0 aliphatic carbocycles. The van der Waals surface area contributed by atoms with Crippen molar-refractivity contribution in [3.63, 3.8) is 0 Å². The molecule has 1 atom stereocenters. The van der Waals surface area contributed by atoms with Crippen molar-refractivity contribution in [1.82, 2.24) is 10.1 Å². The van der Waals surface area contributed by atoms with Gasteiger partial charge in [0.05, 0.1) is 17.4 Å². The third-order valence-corrected chi connectivity index (χ3v) is 4.24. The average molecular weight is 366 g/mol. The molecule has 3 heterocycles. The number of furan rings is 1. The van der Waals surface area contributed by atoms with Gasteiger partial charge < -0.3 is 13.7 Å². The number of nitrogens with zero attached hydrogens (tertiary/aromatic N) is 2. The fourth-order valence-corrected chi connectivity index (χ4v) is 2.85. The number of carbonyl (C=O) groups is 3. The van der Waals surface area contributed by atoms with Crippen LogP contribution in [0, 0.1) is 0 Å². The van der Waals surface area contributed by atoms with E-state index in [0.29, 0.717) is 17.2 Å². The smallest absolute Gasteiger partial charge is 0.329 e. The normalized spacial score (nSPS) is 14.3. The van der Waals surface area contributed by atoms with E-state index >= 15 is 0 Å². The van der Waals surface area contributed by atoms with Crippen LogP contribution in [0.25, 0.3) is 11.5 Å². The molecule has 0 saturated carbocycles. The Hall–Kier alpha value is -3.68. The molecule has 0 radical (unpaired) electrons. The largest absolute Gasteiger partial charge is 0.461 e. The predicted molar refractivity (Wildman–Crippen MR) is 90.4 cm³/mol. The highest BCUT2D eigenvalue weighted by molar-refractivity contribution is 6.22. The van der Waals surface area contributed by atoms with Crippen LogP contribution in [0.2, 0.25) is 0 Å². The van der Waals surface area contributed by atoms with Gasteiger partial charge in [-0.25, -0.2) is 4.79 Å². The van der Waals surface area contributed by atoms with Crippen LogP contribution in [-0.4, -0.2) is 33.9 Å². The molecule has 2 aromatic heterocycles. The third-order valence-electron chi connectivity index (χ3n) is 4.24. The molecule has 8 heteroatoms. The lowest BCUT2D eigenvalue weighted by molar-refractivity contribution is -0.149. The van der Waals surface area contributed by atoms with Crippen molar-refractivity contribution in [2.45, 2.75) is 19.6 Å². The van der Waals surface area contributed by atoms with E-state index in [1.165, 1.54) is 13.2 Å². The summed E-state index contributed by atoms with van der Waals surface area (Å²) in [6, 6.07) is 10.4. The summed E-state index contributed by atoms with van der Waals surface area (Å²) >= 11 is 0. The molecule has 0 unspecified atom stereocenters. The molecule has 0 bridgehead atoms. The Balaban J connectivity index is 1.42. The Morgan fingerprint density at radius 1 is 1.11 bits per heavy atom. The molecule has 1 aliphatic heterocycles. The molecule has 27 heavy (non-hydrogen) atoms. The highest BCUT2D eigenvalue weighted by Crippen LogP contribution is 2.25. The van der Waals surface area contributed by atoms with Crippen LogP contribution in [0.3, 0.4) is 0 Å². The van der Waals surface area contributed by atoms with Crippen molar-refractivity contribution in [2.75, 3.05) is 0 Å². The van der Waals surface area contributed by atoms with E-state index in [4.69, 9.17) is 13.7 Å². The van der Waals surface area contributed by atoms with Crippen molar-refractivity contribution in [3.05, 3.63) is 65.5 Å². The molecule has 1 aromatic carbocycles. The summed E-state index contributed by atoms with van der Waals surface area (Å²) < 4.78 is 15.5. The lowest BCUT2D eigenvalue weighted by Gasteiger charge is -2.20. The zero-order valence-corrected chi connectivity index (χ0v) is 14.2. The summed E-state index contributed by atoms with van der Waals surface area (Å²) in [6.07, 6.45) is 1.50. The summed E-state index contributed by atoms with van der Waals surface area (Å²) in [6.45, 7) is 1.29. The maximum Gasteiger partial charge on any atom is 0.329 e.